The highest BCUT2D eigenvalue weighted by Crippen LogP contribution is 2.30. The maximum Gasteiger partial charge on any atom is 0.106 e. The Labute approximate surface area is 114 Å². The van der Waals surface area contributed by atoms with Gasteiger partial charge in [-0.3, -0.25) is 0 Å². The summed E-state index contributed by atoms with van der Waals surface area (Å²) in [4.78, 5) is 0. The second-order valence-electron chi connectivity index (χ2n) is 4.02. The smallest absolute Gasteiger partial charge is 0.106 e. The van der Waals surface area contributed by atoms with Crippen LogP contribution in [0.1, 0.15) is 28.7 Å². The molecule has 0 saturated carbocycles. The van der Waals surface area contributed by atoms with Crippen molar-refractivity contribution >= 4 is 27.5 Å². The monoisotopic (exact) mass is 313 g/mol. The maximum absolute atomic E-state index is 6.23. The molecule has 17 heavy (non-hydrogen) atoms. The number of benzene rings is 1. The third kappa shape index (κ3) is 2.57. The molecule has 2 aromatic rings. The largest absolute Gasteiger partial charge is 0.466 e. The topological polar surface area (TPSA) is 39.2 Å². The minimum absolute atomic E-state index is 0.194. The van der Waals surface area contributed by atoms with Gasteiger partial charge < -0.3 is 10.2 Å². The van der Waals surface area contributed by atoms with E-state index in [-0.39, 0.29) is 6.04 Å². The van der Waals surface area contributed by atoms with E-state index in [1.165, 1.54) is 0 Å². The average Bonchev–Trinajstić information content (AvgIpc) is 2.61. The van der Waals surface area contributed by atoms with Crippen LogP contribution in [0.2, 0.25) is 5.02 Å². The zero-order chi connectivity index (χ0) is 12.6. The van der Waals surface area contributed by atoms with Gasteiger partial charge in [0.05, 0.1) is 11.1 Å². The number of furan rings is 1. The summed E-state index contributed by atoms with van der Waals surface area (Å²) in [7, 11) is 0. The van der Waals surface area contributed by atoms with Gasteiger partial charge in [0.2, 0.25) is 0 Å². The summed E-state index contributed by atoms with van der Waals surface area (Å²) in [6.07, 6.45) is 0. The number of halogens is 2. The van der Waals surface area contributed by atoms with Crippen LogP contribution in [-0.2, 0) is 0 Å². The molecule has 0 saturated heterocycles. The first-order valence-corrected chi connectivity index (χ1v) is 6.43. The fourth-order valence-corrected chi connectivity index (χ4v) is 2.36. The van der Waals surface area contributed by atoms with Crippen LogP contribution < -0.4 is 5.73 Å². The number of rotatable bonds is 2. The van der Waals surface area contributed by atoms with Gasteiger partial charge in [0.15, 0.2) is 0 Å². The lowest BCUT2D eigenvalue weighted by Gasteiger charge is -2.12. The number of hydrogen-bond acceptors (Lipinski definition) is 2. The van der Waals surface area contributed by atoms with Crippen LogP contribution in [0.4, 0.5) is 0 Å². The molecule has 0 fully saturated rings. The Bertz CT molecular complexity index is 550. The van der Waals surface area contributed by atoms with Gasteiger partial charge in [0.1, 0.15) is 11.5 Å². The molecule has 1 aromatic heterocycles. The number of hydrogen-bond donors (Lipinski definition) is 1. The Balaban J connectivity index is 2.40. The first-order valence-electron chi connectivity index (χ1n) is 5.26. The van der Waals surface area contributed by atoms with E-state index in [0.29, 0.717) is 5.02 Å². The van der Waals surface area contributed by atoms with Crippen LogP contribution in [0.3, 0.4) is 0 Å². The van der Waals surface area contributed by atoms with E-state index in [2.05, 4.69) is 15.9 Å². The SMILES string of the molecule is Cc1cc(C(N)c2ccc(Cl)c(Br)c2)c(C)o1. The quantitative estimate of drug-likeness (QED) is 0.894. The average molecular weight is 315 g/mol. The van der Waals surface area contributed by atoms with Gasteiger partial charge in [-0.1, -0.05) is 17.7 Å². The van der Waals surface area contributed by atoms with E-state index >= 15 is 0 Å². The van der Waals surface area contributed by atoms with Crippen LogP contribution in [0.5, 0.6) is 0 Å². The Morgan fingerprint density at radius 2 is 2.00 bits per heavy atom. The molecular formula is C13H13BrClNO. The van der Waals surface area contributed by atoms with Crippen molar-refractivity contribution in [1.82, 2.24) is 0 Å². The molecule has 1 heterocycles. The van der Waals surface area contributed by atoms with E-state index in [4.69, 9.17) is 21.8 Å². The molecule has 2 rings (SSSR count). The molecular weight excluding hydrogens is 302 g/mol. The molecule has 0 aliphatic heterocycles. The Hall–Kier alpha value is -0.770. The fourth-order valence-electron chi connectivity index (χ4n) is 1.84. The van der Waals surface area contributed by atoms with Crippen molar-refractivity contribution in [2.45, 2.75) is 19.9 Å². The summed E-state index contributed by atoms with van der Waals surface area (Å²) in [6.45, 7) is 3.84. The highest BCUT2D eigenvalue weighted by atomic mass is 79.9. The van der Waals surface area contributed by atoms with Crippen molar-refractivity contribution in [3.8, 4) is 0 Å². The standard InChI is InChI=1S/C13H13BrClNO/c1-7-5-10(8(2)17-7)13(16)9-3-4-12(15)11(14)6-9/h3-6,13H,16H2,1-2H3. The Kier molecular flexibility index (Phi) is 3.61. The first-order chi connectivity index (χ1) is 7.99. The second-order valence-corrected chi connectivity index (χ2v) is 5.28. The summed E-state index contributed by atoms with van der Waals surface area (Å²) in [5.41, 5.74) is 8.24. The van der Waals surface area contributed by atoms with E-state index in [1.807, 2.05) is 38.1 Å². The zero-order valence-corrected chi connectivity index (χ0v) is 12.0. The van der Waals surface area contributed by atoms with E-state index in [9.17, 15) is 0 Å². The molecule has 2 N–H and O–H groups in total. The van der Waals surface area contributed by atoms with Gasteiger partial charge in [-0.2, -0.15) is 0 Å². The van der Waals surface area contributed by atoms with E-state index in [0.717, 1.165) is 27.1 Å². The molecule has 4 heteroatoms. The summed E-state index contributed by atoms with van der Waals surface area (Å²) in [5, 5.41) is 0.682. The molecule has 0 aliphatic carbocycles. The van der Waals surface area contributed by atoms with Gasteiger partial charge in [-0.05, 0) is 53.5 Å². The zero-order valence-electron chi connectivity index (χ0n) is 9.63. The predicted molar refractivity (Wildman–Crippen MR) is 73.4 cm³/mol. The molecule has 2 nitrogen and oxygen atoms in total. The fraction of sp³-hybridized carbons (Fsp3) is 0.231. The predicted octanol–water partition coefficient (Wildman–Crippen LogP) is 4.36. The summed E-state index contributed by atoms with van der Waals surface area (Å²) in [5.74, 6) is 1.74. The molecule has 0 aliphatic rings. The minimum Gasteiger partial charge on any atom is -0.466 e. The Morgan fingerprint density at radius 1 is 1.29 bits per heavy atom. The Morgan fingerprint density at radius 3 is 2.53 bits per heavy atom. The van der Waals surface area contributed by atoms with Crippen molar-refractivity contribution < 1.29 is 4.42 Å². The van der Waals surface area contributed by atoms with Crippen LogP contribution in [0.25, 0.3) is 0 Å². The van der Waals surface area contributed by atoms with Gasteiger partial charge in [0, 0.05) is 10.0 Å². The van der Waals surface area contributed by atoms with Crippen LogP contribution in [0.15, 0.2) is 33.2 Å². The normalized spacial score (nSPS) is 12.8. The molecule has 90 valence electrons. The summed E-state index contributed by atoms with van der Waals surface area (Å²) >= 11 is 9.36. The molecule has 0 bridgehead atoms. The number of nitrogens with two attached hydrogens (primary N) is 1. The highest BCUT2D eigenvalue weighted by molar-refractivity contribution is 9.10. The lowest BCUT2D eigenvalue weighted by Crippen LogP contribution is -2.12. The van der Waals surface area contributed by atoms with Crippen molar-refractivity contribution in [2.24, 2.45) is 5.73 Å². The van der Waals surface area contributed by atoms with Gasteiger partial charge in [-0.15, -0.1) is 0 Å². The van der Waals surface area contributed by atoms with Crippen LogP contribution in [0, 0.1) is 13.8 Å². The molecule has 1 atom stereocenters. The van der Waals surface area contributed by atoms with E-state index < -0.39 is 0 Å². The van der Waals surface area contributed by atoms with E-state index in [1.54, 1.807) is 0 Å². The molecule has 0 amide bonds. The van der Waals surface area contributed by atoms with Gasteiger partial charge >= 0.3 is 0 Å². The van der Waals surface area contributed by atoms with Crippen molar-refractivity contribution in [3.63, 3.8) is 0 Å². The van der Waals surface area contributed by atoms with Crippen molar-refractivity contribution in [2.75, 3.05) is 0 Å². The van der Waals surface area contributed by atoms with Crippen LogP contribution >= 0.6 is 27.5 Å². The second kappa shape index (κ2) is 4.84. The minimum atomic E-state index is -0.194. The van der Waals surface area contributed by atoms with Gasteiger partial charge in [0.25, 0.3) is 0 Å². The number of aryl methyl sites for hydroxylation is 2. The third-order valence-corrected chi connectivity index (χ3v) is 3.93. The van der Waals surface area contributed by atoms with Gasteiger partial charge in [-0.25, -0.2) is 0 Å². The first kappa shape index (κ1) is 12.7. The summed E-state index contributed by atoms with van der Waals surface area (Å²) in [6, 6.07) is 7.49. The van der Waals surface area contributed by atoms with Crippen molar-refractivity contribution in [3.05, 3.63) is 56.4 Å². The molecule has 1 aromatic carbocycles. The summed E-state index contributed by atoms with van der Waals surface area (Å²) < 4.78 is 6.35. The lowest BCUT2D eigenvalue weighted by atomic mass is 10.00. The van der Waals surface area contributed by atoms with Crippen molar-refractivity contribution in [1.29, 1.82) is 0 Å². The maximum atomic E-state index is 6.23. The highest BCUT2D eigenvalue weighted by Gasteiger charge is 2.15. The lowest BCUT2D eigenvalue weighted by molar-refractivity contribution is 0.499. The third-order valence-electron chi connectivity index (χ3n) is 2.72. The molecule has 0 radical (unpaired) electrons. The van der Waals surface area contributed by atoms with Crippen LogP contribution in [-0.4, -0.2) is 0 Å². The molecule has 1 unspecified atom stereocenters. The molecule has 0 spiro atoms.